The van der Waals surface area contributed by atoms with Gasteiger partial charge in [-0.3, -0.25) is 4.79 Å². The topological polar surface area (TPSA) is 46.3 Å². The minimum absolute atomic E-state index is 0.0606. The quantitative estimate of drug-likeness (QED) is 0.766. The Balaban J connectivity index is 2.58. The van der Waals surface area contributed by atoms with Gasteiger partial charge in [-0.25, -0.2) is 0 Å². The molecule has 1 heterocycles. The zero-order chi connectivity index (χ0) is 12.9. The number of carbonyl (C=O) groups is 1. The molecule has 1 saturated heterocycles. The second-order valence-electron chi connectivity index (χ2n) is 5.32. The number of primary amides is 1. The van der Waals surface area contributed by atoms with Crippen molar-refractivity contribution in [3.63, 3.8) is 0 Å². The van der Waals surface area contributed by atoms with Gasteiger partial charge in [0.05, 0.1) is 5.92 Å². The van der Waals surface area contributed by atoms with Crippen LogP contribution in [0.1, 0.15) is 39.5 Å². The van der Waals surface area contributed by atoms with Crippen molar-refractivity contribution < 1.29 is 4.79 Å². The summed E-state index contributed by atoms with van der Waals surface area (Å²) in [6.07, 6.45) is 4.41. The lowest BCUT2D eigenvalue weighted by atomic mass is 9.83. The molecule has 1 aliphatic rings. The molecule has 17 heavy (non-hydrogen) atoms. The summed E-state index contributed by atoms with van der Waals surface area (Å²) in [5, 5.41) is 1.03. The van der Waals surface area contributed by atoms with Crippen LogP contribution in [0.2, 0.25) is 0 Å². The van der Waals surface area contributed by atoms with Crippen molar-refractivity contribution in [1.29, 1.82) is 0 Å². The number of amides is 1. The molecule has 0 saturated carbocycles. The van der Waals surface area contributed by atoms with Gasteiger partial charge < -0.3 is 10.6 Å². The average Bonchev–Trinajstić information content (AvgIpc) is 2.36. The Morgan fingerprint density at radius 2 is 2.12 bits per heavy atom. The second-order valence-corrected chi connectivity index (χ2v) is 5.88. The highest BCUT2D eigenvalue weighted by atomic mass is 79.9. The van der Waals surface area contributed by atoms with E-state index in [1.54, 1.807) is 0 Å². The van der Waals surface area contributed by atoms with Gasteiger partial charge in [0.1, 0.15) is 0 Å². The highest BCUT2D eigenvalue weighted by molar-refractivity contribution is 9.09. The Kier molecular flexibility index (Phi) is 5.93. The molecule has 0 aliphatic carbocycles. The molecule has 1 atom stereocenters. The summed E-state index contributed by atoms with van der Waals surface area (Å²) >= 11 is 3.65. The van der Waals surface area contributed by atoms with Gasteiger partial charge in [0.15, 0.2) is 0 Å². The lowest BCUT2D eigenvalue weighted by molar-refractivity contribution is -0.123. The van der Waals surface area contributed by atoms with E-state index in [1.165, 1.54) is 12.8 Å². The summed E-state index contributed by atoms with van der Waals surface area (Å²) in [5.41, 5.74) is 5.76. The third-order valence-electron chi connectivity index (χ3n) is 4.25. The number of nitrogens with two attached hydrogens (primary N) is 1. The van der Waals surface area contributed by atoms with Crippen molar-refractivity contribution in [3.8, 4) is 0 Å². The van der Waals surface area contributed by atoms with Crippen LogP contribution in [0.25, 0.3) is 0 Å². The first-order valence-corrected chi connectivity index (χ1v) is 7.76. The molecule has 0 aromatic rings. The summed E-state index contributed by atoms with van der Waals surface area (Å²) in [7, 11) is 0. The fourth-order valence-corrected chi connectivity index (χ4v) is 3.58. The van der Waals surface area contributed by atoms with Crippen molar-refractivity contribution in [3.05, 3.63) is 0 Å². The number of piperidine rings is 1. The number of nitrogens with zero attached hydrogens (tertiary/aromatic N) is 1. The maximum Gasteiger partial charge on any atom is 0.221 e. The van der Waals surface area contributed by atoms with Crippen LogP contribution in [0.4, 0.5) is 0 Å². The smallest absolute Gasteiger partial charge is 0.221 e. The average molecular weight is 305 g/mol. The summed E-state index contributed by atoms with van der Waals surface area (Å²) < 4.78 is 0. The second kappa shape index (κ2) is 6.74. The van der Waals surface area contributed by atoms with Gasteiger partial charge in [0.25, 0.3) is 0 Å². The molecule has 3 nitrogen and oxygen atoms in total. The number of alkyl halides is 1. The SMILES string of the molecule is CCC(CC)(CBr)CN1CCCC(C(N)=O)C1. The first kappa shape index (κ1) is 15.0. The first-order chi connectivity index (χ1) is 8.06. The van der Waals surface area contributed by atoms with Gasteiger partial charge in [-0.1, -0.05) is 29.8 Å². The van der Waals surface area contributed by atoms with Gasteiger partial charge in [-0.15, -0.1) is 0 Å². The van der Waals surface area contributed by atoms with E-state index in [9.17, 15) is 4.79 Å². The molecular weight excluding hydrogens is 280 g/mol. The van der Waals surface area contributed by atoms with Crippen LogP contribution < -0.4 is 5.73 Å². The predicted molar refractivity (Wildman–Crippen MR) is 75.2 cm³/mol. The van der Waals surface area contributed by atoms with E-state index in [-0.39, 0.29) is 11.8 Å². The van der Waals surface area contributed by atoms with Crippen LogP contribution >= 0.6 is 15.9 Å². The maximum atomic E-state index is 11.3. The fraction of sp³-hybridized carbons (Fsp3) is 0.923. The number of halogens is 1. The molecule has 2 N–H and O–H groups in total. The minimum atomic E-state index is -0.132. The van der Waals surface area contributed by atoms with Gasteiger partial charge in [-0.2, -0.15) is 0 Å². The lowest BCUT2D eigenvalue weighted by Gasteiger charge is -2.39. The van der Waals surface area contributed by atoms with Crippen molar-refractivity contribution in [1.82, 2.24) is 4.90 Å². The molecule has 0 aromatic heterocycles. The van der Waals surface area contributed by atoms with E-state index >= 15 is 0 Å². The van der Waals surface area contributed by atoms with Crippen LogP contribution in [-0.4, -0.2) is 35.8 Å². The molecule has 1 rings (SSSR count). The first-order valence-electron chi connectivity index (χ1n) is 6.64. The zero-order valence-electron chi connectivity index (χ0n) is 11.0. The van der Waals surface area contributed by atoms with E-state index in [0.29, 0.717) is 5.41 Å². The van der Waals surface area contributed by atoms with E-state index < -0.39 is 0 Å². The number of hydrogen-bond donors (Lipinski definition) is 1. The standard InChI is InChI=1S/C13H25BrN2O/c1-3-13(4-2,9-14)10-16-7-5-6-11(8-16)12(15)17/h11H,3-10H2,1-2H3,(H2,15,17). The number of carbonyl (C=O) groups excluding carboxylic acids is 1. The molecule has 1 amide bonds. The normalized spacial score (nSPS) is 22.6. The third-order valence-corrected chi connectivity index (χ3v) is 5.44. The lowest BCUT2D eigenvalue weighted by Crippen LogP contribution is -2.46. The molecular formula is C13H25BrN2O. The number of rotatable bonds is 6. The number of likely N-dealkylation sites (tertiary alicyclic amines) is 1. The van der Waals surface area contributed by atoms with Crippen molar-refractivity contribution >= 4 is 21.8 Å². The predicted octanol–water partition coefficient (Wildman–Crippen LogP) is 2.39. The summed E-state index contributed by atoms with van der Waals surface area (Å²) in [6, 6.07) is 0. The Bertz CT molecular complexity index is 246. The van der Waals surface area contributed by atoms with Crippen molar-refractivity contribution in [2.24, 2.45) is 17.1 Å². The summed E-state index contributed by atoms with van der Waals surface area (Å²) in [5.74, 6) is -0.0716. The molecule has 1 fully saturated rings. The van der Waals surface area contributed by atoms with Crippen LogP contribution in [-0.2, 0) is 4.79 Å². The van der Waals surface area contributed by atoms with Gasteiger partial charge in [-0.05, 0) is 37.6 Å². The Morgan fingerprint density at radius 1 is 1.47 bits per heavy atom. The molecule has 1 unspecified atom stereocenters. The minimum Gasteiger partial charge on any atom is -0.369 e. The Labute approximate surface area is 113 Å². The van der Waals surface area contributed by atoms with Gasteiger partial charge in [0, 0.05) is 18.4 Å². The Hall–Kier alpha value is -0.0900. The van der Waals surface area contributed by atoms with Crippen molar-refractivity contribution in [2.45, 2.75) is 39.5 Å². The highest BCUT2D eigenvalue weighted by Gasteiger charge is 2.31. The molecule has 4 heteroatoms. The van der Waals surface area contributed by atoms with E-state index in [0.717, 1.165) is 37.8 Å². The van der Waals surface area contributed by atoms with E-state index in [4.69, 9.17) is 5.73 Å². The van der Waals surface area contributed by atoms with Crippen LogP contribution in [0.15, 0.2) is 0 Å². The molecule has 0 spiro atoms. The largest absolute Gasteiger partial charge is 0.369 e. The monoisotopic (exact) mass is 304 g/mol. The fourth-order valence-electron chi connectivity index (χ4n) is 2.61. The highest BCUT2D eigenvalue weighted by Crippen LogP contribution is 2.31. The molecule has 0 bridgehead atoms. The van der Waals surface area contributed by atoms with E-state index in [2.05, 4.69) is 34.7 Å². The zero-order valence-corrected chi connectivity index (χ0v) is 12.6. The van der Waals surface area contributed by atoms with Crippen molar-refractivity contribution in [2.75, 3.05) is 25.0 Å². The summed E-state index contributed by atoms with van der Waals surface area (Å²) in [6.45, 7) is 7.54. The third kappa shape index (κ3) is 3.95. The van der Waals surface area contributed by atoms with Crippen LogP contribution in [0.3, 0.4) is 0 Å². The van der Waals surface area contributed by atoms with Gasteiger partial charge in [0.2, 0.25) is 5.91 Å². The van der Waals surface area contributed by atoms with Crippen LogP contribution in [0.5, 0.6) is 0 Å². The molecule has 1 aliphatic heterocycles. The van der Waals surface area contributed by atoms with E-state index in [1.807, 2.05) is 0 Å². The Morgan fingerprint density at radius 3 is 2.59 bits per heavy atom. The summed E-state index contributed by atoms with van der Waals surface area (Å²) in [4.78, 5) is 13.7. The molecule has 100 valence electrons. The maximum absolute atomic E-state index is 11.3. The molecule has 0 radical (unpaired) electrons. The molecule has 0 aromatic carbocycles. The number of hydrogen-bond acceptors (Lipinski definition) is 2. The van der Waals surface area contributed by atoms with Crippen LogP contribution in [0, 0.1) is 11.3 Å². The van der Waals surface area contributed by atoms with Gasteiger partial charge >= 0.3 is 0 Å².